The molecule has 1 aromatic carbocycles. The van der Waals surface area contributed by atoms with E-state index in [0.717, 1.165) is 33.9 Å². The molecule has 1 aliphatic carbocycles. The molecule has 2 atom stereocenters. The summed E-state index contributed by atoms with van der Waals surface area (Å²) in [5.74, 6) is 1.41. The number of aromatic amines is 1. The van der Waals surface area contributed by atoms with Gasteiger partial charge in [-0.3, -0.25) is 9.78 Å². The molecule has 0 bridgehead atoms. The molecule has 2 N–H and O–H groups in total. The summed E-state index contributed by atoms with van der Waals surface area (Å²) in [6.07, 6.45) is 8.32. The average Bonchev–Trinajstić information content (AvgIpc) is 3.11. The van der Waals surface area contributed by atoms with Crippen LogP contribution < -0.4 is 5.32 Å². The van der Waals surface area contributed by atoms with Crippen molar-refractivity contribution in [3.8, 4) is 0 Å². The molecule has 1 saturated carbocycles. The molecule has 1 amide bonds. The van der Waals surface area contributed by atoms with Crippen LogP contribution in [0.3, 0.4) is 0 Å². The number of rotatable bonds is 5. The Morgan fingerprint density at radius 3 is 2.81 bits per heavy atom. The number of nitrogens with zero attached hydrogens (tertiary/aromatic N) is 2. The lowest BCUT2D eigenvalue weighted by Gasteiger charge is -2.29. The number of H-pyrrole nitrogens is 1. The molecule has 1 fully saturated rings. The Labute approximate surface area is 163 Å². The van der Waals surface area contributed by atoms with Crippen molar-refractivity contribution in [3.05, 3.63) is 53.9 Å². The molecular formula is C21H24N4OS. The van der Waals surface area contributed by atoms with E-state index in [1.165, 1.54) is 24.8 Å². The van der Waals surface area contributed by atoms with Gasteiger partial charge >= 0.3 is 0 Å². The van der Waals surface area contributed by atoms with Gasteiger partial charge in [0.2, 0.25) is 0 Å². The van der Waals surface area contributed by atoms with Gasteiger partial charge in [-0.15, -0.1) is 0 Å². The van der Waals surface area contributed by atoms with E-state index in [1.54, 1.807) is 24.2 Å². The van der Waals surface area contributed by atoms with Crippen LogP contribution in [-0.2, 0) is 5.75 Å². The van der Waals surface area contributed by atoms with Gasteiger partial charge in [0, 0.05) is 23.6 Å². The number of nitrogens with one attached hydrogen (secondary N) is 2. The molecule has 2 aromatic heterocycles. The van der Waals surface area contributed by atoms with Gasteiger partial charge in [-0.25, -0.2) is 4.98 Å². The summed E-state index contributed by atoms with van der Waals surface area (Å²) < 4.78 is 0. The molecule has 0 unspecified atom stereocenters. The molecule has 27 heavy (non-hydrogen) atoms. The van der Waals surface area contributed by atoms with Crippen molar-refractivity contribution in [1.82, 2.24) is 20.3 Å². The largest absolute Gasteiger partial charge is 0.349 e. The third-order valence-corrected chi connectivity index (χ3v) is 6.23. The van der Waals surface area contributed by atoms with Crippen LogP contribution in [0, 0.1) is 5.92 Å². The summed E-state index contributed by atoms with van der Waals surface area (Å²) in [6.45, 7) is 2.23. The van der Waals surface area contributed by atoms with Crippen LogP contribution in [-0.4, -0.2) is 26.9 Å². The lowest BCUT2D eigenvalue weighted by molar-refractivity contribution is 0.0910. The zero-order chi connectivity index (χ0) is 18.6. The fourth-order valence-electron chi connectivity index (χ4n) is 3.59. The van der Waals surface area contributed by atoms with Crippen molar-refractivity contribution >= 4 is 28.7 Å². The highest BCUT2D eigenvalue weighted by atomic mass is 32.2. The van der Waals surface area contributed by atoms with E-state index in [2.05, 4.69) is 27.2 Å². The number of carbonyl (C=O) groups is 1. The summed E-state index contributed by atoms with van der Waals surface area (Å²) >= 11 is 1.65. The summed E-state index contributed by atoms with van der Waals surface area (Å²) in [5, 5.41) is 4.09. The number of carbonyl (C=O) groups excluding carboxylic acids is 1. The maximum absolute atomic E-state index is 12.5. The number of fused-ring (bicyclic) bond motifs is 1. The van der Waals surface area contributed by atoms with Gasteiger partial charge in [0.15, 0.2) is 5.16 Å². The first-order valence-corrected chi connectivity index (χ1v) is 10.5. The molecule has 5 nitrogen and oxygen atoms in total. The Kier molecular flexibility index (Phi) is 5.43. The Hall–Kier alpha value is -2.34. The predicted octanol–water partition coefficient (Wildman–Crippen LogP) is 4.56. The number of amides is 1. The fraction of sp³-hybridized carbons (Fsp3) is 0.381. The van der Waals surface area contributed by atoms with Crippen LogP contribution in [0.5, 0.6) is 0 Å². The SMILES string of the molecule is C[C@H]1CCCC[C@@H]1NC(=O)c1ccc(CSc2nc3ccncc3[nH]2)cc1. The Morgan fingerprint density at radius 1 is 1.22 bits per heavy atom. The van der Waals surface area contributed by atoms with E-state index in [-0.39, 0.29) is 5.91 Å². The maximum atomic E-state index is 12.5. The van der Waals surface area contributed by atoms with Crippen LogP contribution in [0.25, 0.3) is 11.0 Å². The summed E-state index contributed by atoms with van der Waals surface area (Å²) in [6, 6.07) is 10.1. The fourth-order valence-corrected chi connectivity index (χ4v) is 4.43. The Bertz CT molecular complexity index is 888. The van der Waals surface area contributed by atoms with Crippen molar-refractivity contribution in [3.63, 3.8) is 0 Å². The van der Waals surface area contributed by atoms with Gasteiger partial charge in [-0.1, -0.05) is 43.7 Å². The van der Waals surface area contributed by atoms with Gasteiger partial charge in [0.25, 0.3) is 5.91 Å². The first-order chi connectivity index (χ1) is 13.2. The van der Waals surface area contributed by atoms with Gasteiger partial charge in [0.1, 0.15) is 0 Å². The predicted molar refractivity (Wildman–Crippen MR) is 109 cm³/mol. The molecule has 3 aromatic rings. The molecule has 2 heterocycles. The molecule has 4 rings (SSSR count). The number of hydrogen-bond acceptors (Lipinski definition) is 4. The molecule has 0 saturated heterocycles. The van der Waals surface area contributed by atoms with Crippen LogP contribution in [0.2, 0.25) is 0 Å². The van der Waals surface area contributed by atoms with Crippen molar-refractivity contribution in [2.45, 2.75) is 49.6 Å². The van der Waals surface area contributed by atoms with E-state index in [4.69, 9.17) is 0 Å². The highest BCUT2D eigenvalue weighted by molar-refractivity contribution is 7.98. The standard InChI is InChI=1S/C21H24N4OS/c1-14-4-2-3-5-17(14)23-20(26)16-8-6-15(7-9-16)13-27-21-24-18-10-11-22-12-19(18)25-21/h6-12,14,17H,2-5,13H2,1H3,(H,23,26)(H,24,25)/t14-,17-/m0/s1. The zero-order valence-corrected chi connectivity index (χ0v) is 16.3. The van der Waals surface area contributed by atoms with Crippen molar-refractivity contribution in [2.24, 2.45) is 5.92 Å². The van der Waals surface area contributed by atoms with E-state index in [9.17, 15) is 4.79 Å². The van der Waals surface area contributed by atoms with E-state index >= 15 is 0 Å². The van der Waals surface area contributed by atoms with Crippen molar-refractivity contribution < 1.29 is 4.79 Å². The third kappa shape index (κ3) is 4.33. The summed E-state index contributed by atoms with van der Waals surface area (Å²) in [4.78, 5) is 24.4. The highest BCUT2D eigenvalue weighted by Gasteiger charge is 2.23. The molecular weight excluding hydrogens is 356 g/mol. The maximum Gasteiger partial charge on any atom is 0.251 e. The molecule has 0 aliphatic heterocycles. The molecule has 0 spiro atoms. The average molecular weight is 381 g/mol. The summed E-state index contributed by atoms with van der Waals surface area (Å²) in [5.41, 5.74) is 3.78. The van der Waals surface area contributed by atoms with Gasteiger partial charge in [0.05, 0.1) is 17.2 Å². The topological polar surface area (TPSA) is 70.7 Å². The monoisotopic (exact) mass is 380 g/mol. The number of aromatic nitrogens is 3. The van der Waals surface area contributed by atoms with Gasteiger partial charge < -0.3 is 10.3 Å². The third-order valence-electron chi connectivity index (χ3n) is 5.28. The van der Waals surface area contributed by atoms with Crippen LogP contribution in [0.1, 0.15) is 48.5 Å². The van der Waals surface area contributed by atoms with E-state index < -0.39 is 0 Å². The summed E-state index contributed by atoms with van der Waals surface area (Å²) in [7, 11) is 0. The zero-order valence-electron chi connectivity index (χ0n) is 15.4. The molecule has 6 heteroatoms. The minimum Gasteiger partial charge on any atom is -0.349 e. The number of hydrogen-bond donors (Lipinski definition) is 2. The van der Waals surface area contributed by atoms with Crippen molar-refractivity contribution in [1.29, 1.82) is 0 Å². The lowest BCUT2D eigenvalue weighted by Crippen LogP contribution is -2.41. The lowest BCUT2D eigenvalue weighted by atomic mass is 9.86. The number of thioether (sulfide) groups is 1. The quantitative estimate of drug-likeness (QED) is 0.637. The Balaban J connectivity index is 1.34. The Morgan fingerprint density at radius 2 is 2.04 bits per heavy atom. The molecule has 0 radical (unpaired) electrons. The second-order valence-corrected chi connectivity index (χ2v) is 8.23. The number of pyridine rings is 1. The second kappa shape index (κ2) is 8.13. The second-order valence-electron chi connectivity index (χ2n) is 7.26. The number of imidazole rings is 1. The van der Waals surface area contributed by atoms with Crippen LogP contribution >= 0.6 is 11.8 Å². The van der Waals surface area contributed by atoms with E-state index in [0.29, 0.717) is 12.0 Å². The minimum absolute atomic E-state index is 0.0396. The normalized spacial score (nSPS) is 19.9. The van der Waals surface area contributed by atoms with Crippen molar-refractivity contribution in [2.75, 3.05) is 0 Å². The molecule has 1 aliphatic rings. The van der Waals surface area contributed by atoms with Crippen LogP contribution in [0.4, 0.5) is 0 Å². The minimum atomic E-state index is 0.0396. The highest BCUT2D eigenvalue weighted by Crippen LogP contribution is 2.25. The number of benzene rings is 1. The molecule has 140 valence electrons. The van der Waals surface area contributed by atoms with Crippen LogP contribution in [0.15, 0.2) is 47.9 Å². The van der Waals surface area contributed by atoms with E-state index in [1.807, 2.05) is 30.3 Å². The smallest absolute Gasteiger partial charge is 0.251 e. The van der Waals surface area contributed by atoms with Gasteiger partial charge in [-0.2, -0.15) is 0 Å². The first-order valence-electron chi connectivity index (χ1n) is 9.51. The van der Waals surface area contributed by atoms with Gasteiger partial charge in [-0.05, 0) is 42.5 Å². The first kappa shape index (κ1) is 18.0.